The number of para-hydroxylation sites is 1. The molecule has 2 aromatic carbocycles. The van der Waals surface area contributed by atoms with E-state index >= 15 is 0 Å². The highest BCUT2D eigenvalue weighted by atomic mass is 16.7. The smallest absolute Gasteiger partial charge is 0.315 e. The molecular weight excluding hydrogens is 324 g/mol. The van der Waals surface area contributed by atoms with E-state index in [9.17, 15) is 14.9 Å². The minimum absolute atomic E-state index is 0.0253. The van der Waals surface area contributed by atoms with Crippen LogP contribution in [0.25, 0.3) is 11.4 Å². The van der Waals surface area contributed by atoms with Crippen molar-refractivity contribution in [1.82, 2.24) is 9.71 Å². The molecule has 0 atom stereocenters. The molecule has 0 aliphatic heterocycles. The lowest BCUT2D eigenvalue weighted by molar-refractivity contribution is -0.384. The number of nitro groups is 1. The fourth-order valence-corrected chi connectivity index (χ4v) is 2.20. The van der Waals surface area contributed by atoms with Gasteiger partial charge >= 0.3 is 6.09 Å². The maximum Gasteiger partial charge on any atom is 0.438 e. The van der Waals surface area contributed by atoms with Crippen molar-refractivity contribution in [3.8, 4) is 11.4 Å². The molecule has 0 aliphatic carbocycles. The molecule has 0 aliphatic rings. The maximum absolute atomic E-state index is 12.3. The zero-order valence-electron chi connectivity index (χ0n) is 13.3. The van der Waals surface area contributed by atoms with Crippen molar-refractivity contribution in [3.05, 3.63) is 77.1 Å². The van der Waals surface area contributed by atoms with E-state index < -0.39 is 11.0 Å². The third kappa shape index (κ3) is 3.47. The van der Waals surface area contributed by atoms with E-state index in [1.165, 1.54) is 34.2 Å². The number of imidazole rings is 1. The summed E-state index contributed by atoms with van der Waals surface area (Å²) in [6.07, 6.45) is 2.38. The highest BCUT2D eigenvalue weighted by Crippen LogP contribution is 2.21. The van der Waals surface area contributed by atoms with E-state index in [0.717, 1.165) is 0 Å². The van der Waals surface area contributed by atoms with Crippen LogP contribution < -0.4 is 9.74 Å². The van der Waals surface area contributed by atoms with Gasteiger partial charge in [0.25, 0.3) is 5.69 Å². The molecule has 8 nitrogen and oxygen atoms in total. The molecule has 0 saturated carbocycles. The Labute approximate surface area is 143 Å². The second kappa shape index (κ2) is 6.83. The van der Waals surface area contributed by atoms with Crippen LogP contribution in [0, 0.1) is 10.1 Å². The molecule has 0 fully saturated rings. The number of amides is 1. The van der Waals surface area contributed by atoms with E-state index in [-0.39, 0.29) is 5.69 Å². The second-order valence-electron chi connectivity index (χ2n) is 5.13. The van der Waals surface area contributed by atoms with Crippen molar-refractivity contribution < 1.29 is 14.6 Å². The molecule has 126 valence electrons. The minimum Gasteiger partial charge on any atom is -0.315 e. The number of nitrogens with zero attached hydrogens (tertiary/aromatic N) is 4. The molecule has 1 heterocycles. The summed E-state index contributed by atoms with van der Waals surface area (Å²) in [5.41, 5.74) is 1.25. The summed E-state index contributed by atoms with van der Waals surface area (Å²) in [7, 11) is 1.60. The molecule has 0 spiro atoms. The molecule has 0 radical (unpaired) electrons. The molecule has 1 amide bonds. The summed E-state index contributed by atoms with van der Waals surface area (Å²) in [4.78, 5) is 33.4. The van der Waals surface area contributed by atoms with E-state index in [0.29, 0.717) is 17.1 Å². The van der Waals surface area contributed by atoms with Gasteiger partial charge in [0, 0.05) is 36.6 Å². The third-order valence-electron chi connectivity index (χ3n) is 3.54. The van der Waals surface area contributed by atoms with E-state index in [1.54, 1.807) is 31.3 Å². The summed E-state index contributed by atoms with van der Waals surface area (Å²) in [6, 6.07) is 14.9. The van der Waals surface area contributed by atoms with Crippen LogP contribution in [0.3, 0.4) is 0 Å². The number of anilines is 1. The number of nitro benzene ring substituents is 1. The summed E-state index contributed by atoms with van der Waals surface area (Å²) >= 11 is 0. The monoisotopic (exact) mass is 338 g/mol. The summed E-state index contributed by atoms with van der Waals surface area (Å²) in [5.74, 6) is 0.365. The Kier molecular flexibility index (Phi) is 4.42. The fraction of sp³-hybridized carbons (Fsp3) is 0.0588. The molecular formula is C17H14N4O4. The van der Waals surface area contributed by atoms with Gasteiger partial charge in [-0.05, 0) is 24.3 Å². The topological polar surface area (TPSA) is 90.5 Å². The fourth-order valence-electron chi connectivity index (χ4n) is 2.20. The Balaban J connectivity index is 1.80. The Hall–Kier alpha value is -3.68. The molecule has 0 saturated heterocycles. The first-order chi connectivity index (χ1) is 12.1. The highest BCUT2D eigenvalue weighted by Gasteiger charge is 2.16. The van der Waals surface area contributed by atoms with Crippen LogP contribution in [-0.4, -0.2) is 27.8 Å². The largest absolute Gasteiger partial charge is 0.438 e. The number of non-ortho nitro benzene ring substituents is 1. The van der Waals surface area contributed by atoms with Crippen molar-refractivity contribution >= 4 is 17.5 Å². The number of carbonyl (C=O) groups is 1. The summed E-state index contributed by atoms with van der Waals surface area (Å²) in [5, 5.41) is 10.7. The quantitative estimate of drug-likeness (QED) is 0.538. The zero-order chi connectivity index (χ0) is 17.8. The predicted octanol–water partition coefficient (Wildman–Crippen LogP) is 3.14. The van der Waals surface area contributed by atoms with Gasteiger partial charge in [-0.3, -0.25) is 15.0 Å². The Bertz CT molecular complexity index is 891. The van der Waals surface area contributed by atoms with Crippen LogP contribution in [0.15, 0.2) is 67.0 Å². The van der Waals surface area contributed by atoms with Gasteiger partial charge in [0.2, 0.25) is 0 Å². The molecule has 1 aromatic heterocycles. The summed E-state index contributed by atoms with van der Waals surface area (Å²) < 4.78 is 1.23. The lowest BCUT2D eigenvalue weighted by Gasteiger charge is -2.17. The normalized spacial score (nSPS) is 10.3. The zero-order valence-corrected chi connectivity index (χ0v) is 13.3. The van der Waals surface area contributed by atoms with Gasteiger partial charge < -0.3 is 4.84 Å². The van der Waals surface area contributed by atoms with Gasteiger partial charge in [-0.2, -0.15) is 4.73 Å². The van der Waals surface area contributed by atoms with Crippen molar-refractivity contribution in [2.45, 2.75) is 0 Å². The molecule has 0 bridgehead atoms. The first-order valence-electron chi connectivity index (χ1n) is 7.35. The van der Waals surface area contributed by atoms with Crippen LogP contribution in [-0.2, 0) is 0 Å². The number of hydrogen-bond acceptors (Lipinski definition) is 5. The average Bonchev–Trinajstić information content (AvgIpc) is 3.10. The number of carbonyl (C=O) groups excluding carboxylic acids is 1. The molecule has 25 heavy (non-hydrogen) atoms. The van der Waals surface area contributed by atoms with Gasteiger partial charge in [0.05, 0.1) is 11.1 Å². The second-order valence-corrected chi connectivity index (χ2v) is 5.13. The molecule has 8 heteroatoms. The molecule has 3 aromatic rings. The minimum atomic E-state index is -0.590. The van der Waals surface area contributed by atoms with Gasteiger partial charge in [-0.15, -0.1) is 0 Å². The first-order valence-corrected chi connectivity index (χ1v) is 7.35. The highest BCUT2D eigenvalue weighted by molar-refractivity contribution is 5.87. The van der Waals surface area contributed by atoms with Crippen LogP contribution in [0.4, 0.5) is 16.2 Å². The van der Waals surface area contributed by atoms with E-state index in [2.05, 4.69) is 4.98 Å². The number of benzene rings is 2. The van der Waals surface area contributed by atoms with E-state index in [4.69, 9.17) is 4.84 Å². The third-order valence-corrected chi connectivity index (χ3v) is 3.54. The summed E-state index contributed by atoms with van der Waals surface area (Å²) in [6.45, 7) is 0. The van der Waals surface area contributed by atoms with Crippen molar-refractivity contribution in [1.29, 1.82) is 0 Å². The first kappa shape index (κ1) is 16.2. The van der Waals surface area contributed by atoms with Crippen LogP contribution in [0.2, 0.25) is 0 Å². The van der Waals surface area contributed by atoms with Crippen LogP contribution in [0.1, 0.15) is 0 Å². The maximum atomic E-state index is 12.3. The Morgan fingerprint density at radius 3 is 2.48 bits per heavy atom. The van der Waals surface area contributed by atoms with Gasteiger partial charge in [-0.25, -0.2) is 9.78 Å². The number of hydrogen-bond donors (Lipinski definition) is 0. The van der Waals surface area contributed by atoms with Gasteiger partial charge in [0.1, 0.15) is 0 Å². The van der Waals surface area contributed by atoms with Crippen molar-refractivity contribution in [3.63, 3.8) is 0 Å². The van der Waals surface area contributed by atoms with Crippen LogP contribution in [0.5, 0.6) is 0 Å². The number of rotatable bonds is 4. The Morgan fingerprint density at radius 1 is 1.16 bits per heavy atom. The number of aromatic nitrogens is 2. The van der Waals surface area contributed by atoms with Crippen molar-refractivity contribution in [2.75, 3.05) is 11.9 Å². The average molecular weight is 338 g/mol. The SMILES string of the molecule is CN(C(=O)On1ccnc1-c1ccc([N+](=O)[O-])cc1)c1ccccc1. The molecule has 0 unspecified atom stereocenters. The lowest BCUT2D eigenvalue weighted by Crippen LogP contribution is -2.34. The molecule has 0 N–H and O–H groups in total. The Morgan fingerprint density at radius 2 is 1.84 bits per heavy atom. The standard InChI is InChI=1S/C17H14N4O4/c1-19(14-5-3-2-4-6-14)17(22)25-20-12-11-18-16(20)13-7-9-15(10-8-13)21(23)24/h2-12H,1H3. The van der Waals surface area contributed by atoms with Crippen molar-refractivity contribution in [2.24, 2.45) is 0 Å². The van der Waals surface area contributed by atoms with Gasteiger partial charge in [-0.1, -0.05) is 18.2 Å². The lowest BCUT2D eigenvalue weighted by atomic mass is 10.2. The molecule has 3 rings (SSSR count). The van der Waals surface area contributed by atoms with E-state index in [1.807, 2.05) is 18.2 Å². The van der Waals surface area contributed by atoms with Crippen LogP contribution >= 0.6 is 0 Å². The van der Waals surface area contributed by atoms with Gasteiger partial charge in [0.15, 0.2) is 5.82 Å². The predicted molar refractivity (Wildman–Crippen MR) is 91.1 cm³/mol.